The largest absolute Gasteiger partial charge is 0.497 e. The summed E-state index contributed by atoms with van der Waals surface area (Å²) < 4.78 is 5.06. The van der Waals surface area contributed by atoms with Gasteiger partial charge in [0.05, 0.1) is 13.7 Å². The molecule has 0 aliphatic carbocycles. The quantitative estimate of drug-likeness (QED) is 0.643. The molecule has 1 unspecified atom stereocenters. The van der Waals surface area contributed by atoms with E-state index in [0.717, 1.165) is 30.8 Å². The fraction of sp³-hybridized carbons (Fsp3) is 0.533. The van der Waals surface area contributed by atoms with Crippen LogP contribution in [-0.4, -0.2) is 37.8 Å². The molecule has 0 radical (unpaired) electrons. The Labute approximate surface area is 120 Å². The minimum Gasteiger partial charge on any atom is -0.497 e. The van der Waals surface area contributed by atoms with Gasteiger partial charge in [0, 0.05) is 12.3 Å². The van der Waals surface area contributed by atoms with Crippen molar-refractivity contribution in [3.63, 3.8) is 0 Å². The predicted molar refractivity (Wildman–Crippen MR) is 80.0 cm³/mol. The molecule has 0 spiro atoms. The molecule has 0 heterocycles. The molecule has 0 aromatic heterocycles. The molecule has 1 atom stereocenters. The van der Waals surface area contributed by atoms with Crippen LogP contribution in [0.1, 0.15) is 19.8 Å². The number of benzene rings is 1. The van der Waals surface area contributed by atoms with Crippen molar-refractivity contribution in [3.05, 3.63) is 24.3 Å². The first-order valence-electron chi connectivity index (χ1n) is 6.95. The van der Waals surface area contributed by atoms with Crippen LogP contribution >= 0.6 is 0 Å². The van der Waals surface area contributed by atoms with Gasteiger partial charge in [-0.2, -0.15) is 0 Å². The number of nitrogens with one attached hydrogen (secondary N) is 2. The second-order valence-corrected chi connectivity index (χ2v) is 4.69. The lowest BCUT2D eigenvalue weighted by molar-refractivity contribution is -0.115. The number of carbonyl (C=O) groups excluding carboxylic acids is 1. The van der Waals surface area contributed by atoms with Crippen molar-refractivity contribution in [3.8, 4) is 5.75 Å². The summed E-state index contributed by atoms with van der Waals surface area (Å²) in [5.41, 5.74) is 0.750. The summed E-state index contributed by atoms with van der Waals surface area (Å²) in [6.07, 6.45) is 1.76. The highest BCUT2D eigenvalue weighted by molar-refractivity contribution is 5.92. The van der Waals surface area contributed by atoms with Gasteiger partial charge in [-0.05, 0) is 43.1 Å². The molecule has 0 saturated carbocycles. The van der Waals surface area contributed by atoms with Crippen molar-refractivity contribution in [2.24, 2.45) is 5.92 Å². The number of anilines is 1. The fourth-order valence-electron chi connectivity index (χ4n) is 1.90. The van der Waals surface area contributed by atoms with Gasteiger partial charge < -0.3 is 20.5 Å². The lowest BCUT2D eigenvalue weighted by Gasteiger charge is -2.14. The first-order valence-corrected chi connectivity index (χ1v) is 6.95. The number of ether oxygens (including phenoxy) is 1. The number of rotatable bonds is 9. The molecule has 1 aromatic rings. The molecule has 0 saturated heterocycles. The number of aliphatic hydroxyl groups is 1. The van der Waals surface area contributed by atoms with Crippen LogP contribution in [0.2, 0.25) is 0 Å². The Hall–Kier alpha value is -1.59. The summed E-state index contributed by atoms with van der Waals surface area (Å²) in [6.45, 7) is 3.29. The number of amides is 1. The SMILES string of the molecule is CCC(CCO)CNCC(=O)Nc1ccc(OC)cc1. The molecule has 112 valence electrons. The third-order valence-corrected chi connectivity index (χ3v) is 3.21. The summed E-state index contributed by atoms with van der Waals surface area (Å²) in [5.74, 6) is 1.10. The zero-order chi connectivity index (χ0) is 14.8. The van der Waals surface area contributed by atoms with Gasteiger partial charge in [0.15, 0.2) is 0 Å². The smallest absolute Gasteiger partial charge is 0.238 e. The summed E-state index contributed by atoms with van der Waals surface area (Å²) in [7, 11) is 1.61. The predicted octanol–water partition coefficient (Wildman–Crippen LogP) is 1.63. The molecule has 0 fully saturated rings. The maximum absolute atomic E-state index is 11.7. The third kappa shape index (κ3) is 6.04. The molecular formula is C15H24N2O3. The summed E-state index contributed by atoms with van der Waals surface area (Å²) >= 11 is 0. The Kier molecular flexibility index (Phi) is 7.69. The number of hydrogen-bond acceptors (Lipinski definition) is 4. The van der Waals surface area contributed by atoms with Crippen molar-refractivity contribution >= 4 is 11.6 Å². The molecule has 1 amide bonds. The van der Waals surface area contributed by atoms with Gasteiger partial charge in [-0.1, -0.05) is 13.3 Å². The fourth-order valence-corrected chi connectivity index (χ4v) is 1.90. The van der Waals surface area contributed by atoms with E-state index in [1.165, 1.54) is 0 Å². The van der Waals surface area contributed by atoms with E-state index < -0.39 is 0 Å². The normalized spacial score (nSPS) is 11.9. The monoisotopic (exact) mass is 280 g/mol. The standard InChI is InChI=1S/C15H24N2O3/c1-3-12(8-9-18)10-16-11-15(19)17-13-4-6-14(20-2)7-5-13/h4-7,12,16,18H,3,8-11H2,1-2H3,(H,17,19). The van der Waals surface area contributed by atoms with Gasteiger partial charge in [-0.3, -0.25) is 4.79 Å². The molecule has 0 aliphatic rings. The van der Waals surface area contributed by atoms with E-state index in [1.807, 2.05) is 0 Å². The minimum absolute atomic E-state index is 0.0750. The van der Waals surface area contributed by atoms with Crippen molar-refractivity contribution < 1.29 is 14.6 Å². The number of hydrogen-bond donors (Lipinski definition) is 3. The van der Waals surface area contributed by atoms with E-state index in [0.29, 0.717) is 5.92 Å². The number of carbonyl (C=O) groups is 1. The van der Waals surface area contributed by atoms with Gasteiger partial charge in [0.25, 0.3) is 0 Å². The Morgan fingerprint density at radius 2 is 2.05 bits per heavy atom. The molecule has 1 aromatic carbocycles. The summed E-state index contributed by atoms with van der Waals surface area (Å²) in [5, 5.41) is 14.8. The maximum Gasteiger partial charge on any atom is 0.238 e. The lowest BCUT2D eigenvalue weighted by Crippen LogP contribution is -2.32. The van der Waals surface area contributed by atoms with E-state index in [2.05, 4.69) is 17.6 Å². The highest BCUT2D eigenvalue weighted by Gasteiger charge is 2.07. The van der Waals surface area contributed by atoms with Crippen LogP contribution in [-0.2, 0) is 4.79 Å². The van der Waals surface area contributed by atoms with Crippen LogP contribution in [0.3, 0.4) is 0 Å². The molecule has 0 aliphatic heterocycles. The van der Waals surface area contributed by atoms with Crippen molar-refractivity contribution in [1.82, 2.24) is 5.32 Å². The summed E-state index contributed by atoms with van der Waals surface area (Å²) in [6, 6.07) is 7.21. The van der Waals surface area contributed by atoms with E-state index in [1.54, 1.807) is 31.4 Å². The maximum atomic E-state index is 11.7. The van der Waals surface area contributed by atoms with Gasteiger partial charge >= 0.3 is 0 Å². The second-order valence-electron chi connectivity index (χ2n) is 4.69. The molecule has 5 heteroatoms. The zero-order valence-electron chi connectivity index (χ0n) is 12.2. The Morgan fingerprint density at radius 1 is 1.35 bits per heavy atom. The van der Waals surface area contributed by atoms with Gasteiger partial charge in [0.2, 0.25) is 5.91 Å². The molecule has 20 heavy (non-hydrogen) atoms. The van der Waals surface area contributed by atoms with Crippen molar-refractivity contribution in [2.75, 3.05) is 32.1 Å². The number of aliphatic hydroxyl groups excluding tert-OH is 1. The first-order chi connectivity index (χ1) is 9.69. The van der Waals surface area contributed by atoms with Crippen molar-refractivity contribution in [1.29, 1.82) is 0 Å². The molecular weight excluding hydrogens is 256 g/mol. The Bertz CT molecular complexity index is 393. The van der Waals surface area contributed by atoms with Crippen LogP contribution in [0.25, 0.3) is 0 Å². The Morgan fingerprint density at radius 3 is 2.60 bits per heavy atom. The Balaban J connectivity index is 2.28. The van der Waals surface area contributed by atoms with Crippen LogP contribution in [0.15, 0.2) is 24.3 Å². The summed E-state index contributed by atoms with van der Waals surface area (Å²) in [4.78, 5) is 11.7. The average Bonchev–Trinajstić information content (AvgIpc) is 2.47. The lowest BCUT2D eigenvalue weighted by atomic mass is 10.0. The van der Waals surface area contributed by atoms with Crippen LogP contribution in [0, 0.1) is 5.92 Å². The average molecular weight is 280 g/mol. The van der Waals surface area contributed by atoms with E-state index in [4.69, 9.17) is 9.84 Å². The molecule has 1 rings (SSSR count). The van der Waals surface area contributed by atoms with Crippen molar-refractivity contribution in [2.45, 2.75) is 19.8 Å². The number of methoxy groups -OCH3 is 1. The van der Waals surface area contributed by atoms with Gasteiger partial charge in [0.1, 0.15) is 5.75 Å². The second kappa shape index (κ2) is 9.34. The zero-order valence-corrected chi connectivity index (χ0v) is 12.2. The molecule has 0 bridgehead atoms. The van der Waals surface area contributed by atoms with E-state index in [9.17, 15) is 4.79 Å². The first kappa shape index (κ1) is 16.5. The topological polar surface area (TPSA) is 70.6 Å². The van der Waals surface area contributed by atoms with Crippen LogP contribution in [0.5, 0.6) is 5.75 Å². The third-order valence-electron chi connectivity index (χ3n) is 3.21. The van der Waals surface area contributed by atoms with Crippen LogP contribution < -0.4 is 15.4 Å². The van der Waals surface area contributed by atoms with E-state index >= 15 is 0 Å². The van der Waals surface area contributed by atoms with Gasteiger partial charge in [-0.15, -0.1) is 0 Å². The van der Waals surface area contributed by atoms with E-state index in [-0.39, 0.29) is 19.1 Å². The molecule has 5 nitrogen and oxygen atoms in total. The van der Waals surface area contributed by atoms with Crippen LogP contribution in [0.4, 0.5) is 5.69 Å². The highest BCUT2D eigenvalue weighted by Crippen LogP contribution is 2.14. The minimum atomic E-state index is -0.0750. The molecule has 3 N–H and O–H groups in total. The van der Waals surface area contributed by atoms with Gasteiger partial charge in [-0.25, -0.2) is 0 Å². The highest BCUT2D eigenvalue weighted by atomic mass is 16.5.